The lowest BCUT2D eigenvalue weighted by atomic mass is 10.3. The summed E-state index contributed by atoms with van der Waals surface area (Å²) in [6.07, 6.45) is 0. The zero-order valence-corrected chi connectivity index (χ0v) is 12.1. The van der Waals surface area contributed by atoms with E-state index in [1.165, 1.54) is 11.3 Å². The van der Waals surface area contributed by atoms with Crippen LogP contribution in [0.25, 0.3) is 0 Å². The fourth-order valence-corrected chi connectivity index (χ4v) is 4.55. The van der Waals surface area contributed by atoms with Gasteiger partial charge in [0.2, 0.25) is 0 Å². The van der Waals surface area contributed by atoms with Crippen molar-refractivity contribution in [1.29, 1.82) is 0 Å². The van der Waals surface area contributed by atoms with Crippen molar-refractivity contribution in [2.75, 3.05) is 4.72 Å². The van der Waals surface area contributed by atoms with E-state index in [0.717, 1.165) is 18.2 Å². The van der Waals surface area contributed by atoms with Crippen molar-refractivity contribution >= 4 is 27.0 Å². The van der Waals surface area contributed by atoms with Gasteiger partial charge < -0.3 is 5.73 Å². The number of rotatable bonds is 4. The van der Waals surface area contributed by atoms with Gasteiger partial charge in [-0.1, -0.05) is 6.07 Å². The van der Waals surface area contributed by atoms with Crippen LogP contribution in [0, 0.1) is 18.6 Å². The van der Waals surface area contributed by atoms with E-state index in [1.807, 2.05) is 4.72 Å². The molecule has 0 saturated heterocycles. The number of aryl methyl sites for hydroxylation is 1. The van der Waals surface area contributed by atoms with Crippen LogP contribution in [-0.2, 0) is 16.6 Å². The summed E-state index contributed by atoms with van der Waals surface area (Å²) in [5, 5.41) is 1.63. The molecule has 1 heterocycles. The maximum Gasteiger partial charge on any atom is 0.263 e. The largest absolute Gasteiger partial charge is 0.326 e. The number of hydrogen-bond acceptors (Lipinski definition) is 4. The van der Waals surface area contributed by atoms with Gasteiger partial charge in [0.1, 0.15) is 22.2 Å². The van der Waals surface area contributed by atoms with Crippen LogP contribution in [-0.4, -0.2) is 8.42 Å². The Balaban J connectivity index is 2.49. The van der Waals surface area contributed by atoms with Crippen LogP contribution in [0.5, 0.6) is 0 Å². The molecule has 0 aliphatic rings. The summed E-state index contributed by atoms with van der Waals surface area (Å²) in [5.41, 5.74) is 5.28. The molecule has 2 aromatic rings. The van der Waals surface area contributed by atoms with Gasteiger partial charge in [-0.2, -0.15) is 0 Å². The number of para-hydroxylation sites is 1. The van der Waals surface area contributed by atoms with Crippen molar-refractivity contribution in [3.05, 3.63) is 45.7 Å². The SMILES string of the molecule is Cc1csc(CN)c1S(=O)(=O)Nc1c(F)cccc1F. The molecule has 0 saturated carbocycles. The van der Waals surface area contributed by atoms with E-state index in [0.29, 0.717) is 10.4 Å². The molecule has 20 heavy (non-hydrogen) atoms. The van der Waals surface area contributed by atoms with Crippen LogP contribution in [0.3, 0.4) is 0 Å². The third-order valence-electron chi connectivity index (χ3n) is 2.64. The summed E-state index contributed by atoms with van der Waals surface area (Å²) in [4.78, 5) is 0.416. The number of nitrogens with one attached hydrogen (secondary N) is 1. The molecule has 1 aromatic carbocycles. The first kappa shape index (κ1) is 14.9. The van der Waals surface area contributed by atoms with E-state index in [-0.39, 0.29) is 11.4 Å². The Labute approximate surface area is 119 Å². The minimum Gasteiger partial charge on any atom is -0.326 e. The second kappa shape index (κ2) is 5.47. The third kappa shape index (κ3) is 2.67. The summed E-state index contributed by atoms with van der Waals surface area (Å²) in [6.45, 7) is 1.64. The first-order valence-electron chi connectivity index (χ1n) is 5.60. The average Bonchev–Trinajstić information content (AvgIpc) is 2.76. The highest BCUT2D eigenvalue weighted by Crippen LogP contribution is 2.29. The monoisotopic (exact) mass is 318 g/mol. The van der Waals surface area contributed by atoms with Crippen molar-refractivity contribution in [3.63, 3.8) is 0 Å². The molecular weight excluding hydrogens is 306 g/mol. The number of benzene rings is 1. The first-order chi connectivity index (χ1) is 9.36. The molecule has 0 bridgehead atoms. The van der Waals surface area contributed by atoms with Crippen LogP contribution in [0.15, 0.2) is 28.5 Å². The lowest BCUT2D eigenvalue weighted by Crippen LogP contribution is -2.17. The third-order valence-corrected chi connectivity index (χ3v) is 5.48. The molecule has 2 rings (SSSR count). The topological polar surface area (TPSA) is 72.2 Å². The zero-order chi connectivity index (χ0) is 14.9. The molecule has 0 fully saturated rings. The Morgan fingerprint density at radius 1 is 1.30 bits per heavy atom. The van der Waals surface area contributed by atoms with Crippen LogP contribution < -0.4 is 10.5 Å². The highest BCUT2D eigenvalue weighted by molar-refractivity contribution is 7.93. The fraction of sp³-hybridized carbons (Fsp3) is 0.167. The van der Waals surface area contributed by atoms with Crippen molar-refractivity contribution < 1.29 is 17.2 Å². The van der Waals surface area contributed by atoms with E-state index in [9.17, 15) is 17.2 Å². The average molecular weight is 318 g/mol. The van der Waals surface area contributed by atoms with Crippen molar-refractivity contribution in [2.24, 2.45) is 5.73 Å². The molecule has 0 unspecified atom stereocenters. The molecule has 0 spiro atoms. The highest BCUT2D eigenvalue weighted by Gasteiger charge is 2.24. The molecule has 108 valence electrons. The number of anilines is 1. The van der Waals surface area contributed by atoms with Gasteiger partial charge in [-0.25, -0.2) is 17.2 Å². The minimum atomic E-state index is -4.09. The number of hydrogen-bond donors (Lipinski definition) is 2. The number of sulfonamides is 1. The molecule has 0 radical (unpaired) electrons. The second-order valence-corrected chi connectivity index (χ2v) is 6.66. The van der Waals surface area contributed by atoms with Gasteiger partial charge in [-0.3, -0.25) is 4.72 Å². The summed E-state index contributed by atoms with van der Waals surface area (Å²) < 4.78 is 53.5. The maximum absolute atomic E-state index is 13.5. The predicted octanol–water partition coefficient (Wildman–Crippen LogP) is 2.59. The van der Waals surface area contributed by atoms with Gasteiger partial charge in [-0.15, -0.1) is 11.3 Å². The molecule has 3 N–H and O–H groups in total. The molecule has 0 amide bonds. The molecular formula is C12H12F2N2O2S2. The Kier molecular flexibility index (Phi) is 4.07. The highest BCUT2D eigenvalue weighted by atomic mass is 32.2. The Morgan fingerprint density at radius 3 is 2.45 bits per heavy atom. The standard InChI is InChI=1S/C12H12F2N2O2S2/c1-7-6-19-10(5-15)12(7)20(17,18)16-11-8(13)3-2-4-9(11)14/h2-4,6,16H,5,15H2,1H3. The van der Waals surface area contributed by atoms with Crippen LogP contribution in [0.1, 0.15) is 10.4 Å². The first-order valence-corrected chi connectivity index (χ1v) is 7.97. The lowest BCUT2D eigenvalue weighted by molar-refractivity contribution is 0.582. The van der Waals surface area contributed by atoms with Crippen molar-refractivity contribution in [1.82, 2.24) is 0 Å². The van der Waals surface area contributed by atoms with Crippen LogP contribution in [0.2, 0.25) is 0 Å². The Bertz CT molecular complexity index is 722. The Hall–Kier alpha value is -1.51. The quantitative estimate of drug-likeness (QED) is 0.910. The van der Waals surface area contributed by atoms with Crippen LogP contribution in [0.4, 0.5) is 14.5 Å². The smallest absolute Gasteiger partial charge is 0.263 e. The van der Waals surface area contributed by atoms with Gasteiger partial charge in [0, 0.05) is 11.4 Å². The van der Waals surface area contributed by atoms with Gasteiger partial charge in [0.15, 0.2) is 0 Å². The molecule has 0 aliphatic heterocycles. The van der Waals surface area contributed by atoms with E-state index in [4.69, 9.17) is 5.73 Å². The normalized spacial score (nSPS) is 11.6. The summed E-state index contributed by atoms with van der Waals surface area (Å²) in [7, 11) is -4.09. The van der Waals surface area contributed by atoms with Crippen molar-refractivity contribution in [3.8, 4) is 0 Å². The van der Waals surface area contributed by atoms with Crippen molar-refractivity contribution in [2.45, 2.75) is 18.4 Å². The zero-order valence-electron chi connectivity index (χ0n) is 10.5. The number of nitrogens with two attached hydrogens (primary N) is 1. The molecule has 1 aromatic heterocycles. The fourth-order valence-electron chi connectivity index (χ4n) is 1.77. The summed E-state index contributed by atoms with van der Waals surface area (Å²) in [6, 6.07) is 3.11. The van der Waals surface area contributed by atoms with Gasteiger partial charge in [-0.05, 0) is 30.0 Å². The molecule has 0 atom stereocenters. The lowest BCUT2D eigenvalue weighted by Gasteiger charge is -2.11. The predicted molar refractivity (Wildman–Crippen MR) is 74.1 cm³/mol. The molecule has 0 aliphatic carbocycles. The number of thiophene rings is 1. The van der Waals surface area contributed by atoms with E-state index < -0.39 is 27.3 Å². The Morgan fingerprint density at radius 2 is 1.90 bits per heavy atom. The van der Waals surface area contributed by atoms with Gasteiger partial charge in [0.25, 0.3) is 10.0 Å². The molecule has 8 heteroatoms. The summed E-state index contributed by atoms with van der Waals surface area (Å²) >= 11 is 1.19. The van der Waals surface area contributed by atoms with E-state index >= 15 is 0 Å². The van der Waals surface area contributed by atoms with E-state index in [2.05, 4.69) is 0 Å². The summed E-state index contributed by atoms with van der Waals surface area (Å²) in [5.74, 6) is -1.95. The van der Waals surface area contributed by atoms with E-state index in [1.54, 1.807) is 12.3 Å². The van der Waals surface area contributed by atoms with Crippen LogP contribution >= 0.6 is 11.3 Å². The van der Waals surface area contributed by atoms with Gasteiger partial charge >= 0.3 is 0 Å². The second-order valence-electron chi connectivity index (χ2n) is 4.08. The minimum absolute atomic E-state index is 0.0207. The molecule has 4 nitrogen and oxygen atoms in total. The van der Waals surface area contributed by atoms with Gasteiger partial charge in [0.05, 0.1) is 0 Å². The number of halogens is 2. The maximum atomic E-state index is 13.5.